The largest absolute Gasteiger partial charge is 0.356 e. The number of rotatable bonds is 29. The molecule has 0 aromatic heterocycles. The lowest BCUT2D eigenvalue weighted by Crippen LogP contribution is -2.38. The zero-order valence-electron chi connectivity index (χ0n) is 27.8. The molecule has 2 nitrogen and oxygen atoms in total. The summed E-state index contributed by atoms with van der Waals surface area (Å²) in [6.45, 7) is 6.88. The summed E-state index contributed by atoms with van der Waals surface area (Å²) in [4.78, 5) is 5.27. The van der Waals surface area contributed by atoms with E-state index in [0.717, 1.165) is 6.54 Å². The SMILES string of the molecule is CCCCCCCCCCCCCCCCC1N(CCCCCCCCCCCCC)C=CN1Cc1ccccc1. The summed E-state index contributed by atoms with van der Waals surface area (Å²) < 4.78 is 0. The minimum Gasteiger partial charge on any atom is -0.356 e. The molecule has 0 bridgehead atoms. The summed E-state index contributed by atoms with van der Waals surface area (Å²) in [5.74, 6) is 0. The van der Waals surface area contributed by atoms with Gasteiger partial charge in [0, 0.05) is 25.5 Å². The van der Waals surface area contributed by atoms with Crippen molar-refractivity contribution in [2.24, 2.45) is 0 Å². The molecule has 1 aromatic rings. The maximum atomic E-state index is 2.67. The third-order valence-electron chi connectivity index (χ3n) is 9.26. The minimum absolute atomic E-state index is 0.552. The molecule has 0 saturated carbocycles. The van der Waals surface area contributed by atoms with Gasteiger partial charge in [-0.2, -0.15) is 0 Å². The van der Waals surface area contributed by atoms with Crippen molar-refractivity contribution in [3.8, 4) is 0 Å². The average Bonchev–Trinajstić information content (AvgIpc) is 3.37. The fourth-order valence-corrected chi connectivity index (χ4v) is 6.55. The molecule has 2 heteroatoms. The Labute approximate surface area is 257 Å². The van der Waals surface area contributed by atoms with Gasteiger partial charge in [-0.1, -0.05) is 192 Å². The summed E-state index contributed by atoms with van der Waals surface area (Å²) in [5.41, 5.74) is 1.43. The molecule has 0 radical (unpaired) electrons. The van der Waals surface area contributed by atoms with Crippen molar-refractivity contribution in [2.45, 2.75) is 193 Å². The van der Waals surface area contributed by atoms with Gasteiger partial charge in [0.05, 0.1) is 0 Å². The lowest BCUT2D eigenvalue weighted by molar-refractivity contribution is 0.132. The van der Waals surface area contributed by atoms with Gasteiger partial charge in [0.15, 0.2) is 0 Å². The van der Waals surface area contributed by atoms with Crippen molar-refractivity contribution in [2.75, 3.05) is 6.54 Å². The van der Waals surface area contributed by atoms with E-state index < -0.39 is 0 Å². The van der Waals surface area contributed by atoms with Crippen LogP contribution in [0.5, 0.6) is 0 Å². The zero-order valence-corrected chi connectivity index (χ0v) is 27.8. The highest BCUT2D eigenvalue weighted by Gasteiger charge is 2.25. The smallest absolute Gasteiger partial charge is 0.101 e. The van der Waals surface area contributed by atoms with E-state index in [1.54, 1.807) is 0 Å². The highest BCUT2D eigenvalue weighted by molar-refractivity contribution is 5.16. The summed E-state index contributed by atoms with van der Waals surface area (Å²) in [6.07, 6.45) is 42.4. The molecule has 2 rings (SSSR count). The fourth-order valence-electron chi connectivity index (χ4n) is 6.55. The van der Waals surface area contributed by atoms with Gasteiger partial charge in [0.1, 0.15) is 6.17 Å². The van der Waals surface area contributed by atoms with Crippen molar-refractivity contribution in [1.29, 1.82) is 0 Å². The zero-order chi connectivity index (χ0) is 29.1. The highest BCUT2D eigenvalue weighted by atomic mass is 15.4. The maximum absolute atomic E-state index is 2.67. The molecule has 0 aliphatic carbocycles. The molecule has 1 unspecified atom stereocenters. The number of hydrogen-bond donors (Lipinski definition) is 0. The Kier molecular flexibility index (Phi) is 22.9. The maximum Gasteiger partial charge on any atom is 0.101 e. The summed E-state index contributed by atoms with van der Waals surface area (Å²) in [5, 5.41) is 0. The van der Waals surface area contributed by atoms with E-state index >= 15 is 0 Å². The second-order valence-electron chi connectivity index (χ2n) is 13.1. The Morgan fingerprint density at radius 3 is 1.29 bits per heavy atom. The lowest BCUT2D eigenvalue weighted by atomic mass is 10.0. The monoisotopic (exact) mass is 567 g/mol. The van der Waals surface area contributed by atoms with Gasteiger partial charge in [0.25, 0.3) is 0 Å². The van der Waals surface area contributed by atoms with Crippen LogP contribution in [0.4, 0.5) is 0 Å². The van der Waals surface area contributed by atoms with Gasteiger partial charge in [-0.25, -0.2) is 0 Å². The third kappa shape index (κ3) is 18.7. The molecule has 0 amide bonds. The van der Waals surface area contributed by atoms with E-state index in [9.17, 15) is 0 Å². The van der Waals surface area contributed by atoms with E-state index in [0.29, 0.717) is 6.17 Å². The normalized spacial score (nSPS) is 14.9. The predicted molar refractivity (Wildman–Crippen MR) is 183 cm³/mol. The lowest BCUT2D eigenvalue weighted by Gasteiger charge is -2.33. The molecule has 1 aliphatic heterocycles. The number of unbranched alkanes of at least 4 members (excludes halogenated alkanes) is 23. The second kappa shape index (κ2) is 26.2. The van der Waals surface area contributed by atoms with Gasteiger partial charge in [0.2, 0.25) is 0 Å². The first-order valence-corrected chi connectivity index (χ1v) is 18.6. The van der Waals surface area contributed by atoms with Crippen LogP contribution in [0.15, 0.2) is 42.7 Å². The molecule has 1 aliphatic rings. The molecule has 0 saturated heterocycles. The second-order valence-corrected chi connectivity index (χ2v) is 13.1. The van der Waals surface area contributed by atoms with E-state index in [4.69, 9.17) is 0 Å². The van der Waals surface area contributed by atoms with Crippen molar-refractivity contribution in [1.82, 2.24) is 9.80 Å². The summed E-state index contributed by atoms with van der Waals surface area (Å²) >= 11 is 0. The first-order valence-electron chi connectivity index (χ1n) is 18.6. The van der Waals surface area contributed by atoms with Gasteiger partial charge < -0.3 is 9.80 Å². The molecule has 0 N–H and O–H groups in total. The van der Waals surface area contributed by atoms with Crippen LogP contribution in [0.3, 0.4) is 0 Å². The number of hydrogen-bond acceptors (Lipinski definition) is 2. The summed E-state index contributed by atoms with van der Waals surface area (Å²) in [6, 6.07) is 11.1. The van der Waals surface area contributed by atoms with Gasteiger partial charge in [-0.15, -0.1) is 0 Å². The van der Waals surface area contributed by atoms with E-state index in [1.807, 2.05) is 0 Å². The summed E-state index contributed by atoms with van der Waals surface area (Å²) in [7, 11) is 0. The predicted octanol–water partition coefficient (Wildman–Crippen LogP) is 12.8. The van der Waals surface area contributed by atoms with Crippen LogP contribution >= 0.6 is 0 Å². The van der Waals surface area contributed by atoms with Gasteiger partial charge in [-0.05, 0) is 24.8 Å². The molecule has 0 fully saturated rings. The van der Waals surface area contributed by atoms with Crippen LogP contribution in [0.25, 0.3) is 0 Å². The van der Waals surface area contributed by atoms with Crippen molar-refractivity contribution in [3.05, 3.63) is 48.3 Å². The van der Waals surface area contributed by atoms with Crippen molar-refractivity contribution >= 4 is 0 Å². The Bertz CT molecular complexity index is 699. The average molecular weight is 567 g/mol. The standard InChI is InChI=1S/C39H70N2/c1-3-5-7-9-11-13-15-16-17-18-20-22-24-29-33-39-40(35-36-41(39)37-38-31-27-26-28-32-38)34-30-25-23-21-19-14-12-10-8-6-4-2/h26-28,31-32,35-36,39H,3-25,29-30,33-34,37H2,1-2H3. The molecule has 236 valence electrons. The topological polar surface area (TPSA) is 6.48 Å². The van der Waals surface area contributed by atoms with E-state index in [-0.39, 0.29) is 0 Å². The first kappa shape index (κ1) is 35.8. The number of benzene rings is 1. The van der Waals surface area contributed by atoms with Crippen LogP contribution < -0.4 is 0 Å². The molecule has 0 spiro atoms. The molecule has 1 aromatic carbocycles. The Morgan fingerprint density at radius 2 is 0.829 bits per heavy atom. The minimum atomic E-state index is 0.552. The van der Waals surface area contributed by atoms with Crippen LogP contribution in [0, 0.1) is 0 Å². The number of nitrogens with zero attached hydrogens (tertiary/aromatic N) is 2. The fraction of sp³-hybridized carbons (Fsp3) is 0.795. The van der Waals surface area contributed by atoms with E-state index in [2.05, 4.69) is 66.4 Å². The Morgan fingerprint density at radius 1 is 0.439 bits per heavy atom. The van der Waals surface area contributed by atoms with E-state index in [1.165, 1.54) is 179 Å². The molecule has 41 heavy (non-hydrogen) atoms. The first-order chi connectivity index (χ1) is 20.3. The third-order valence-corrected chi connectivity index (χ3v) is 9.26. The molecule has 1 heterocycles. The van der Waals surface area contributed by atoms with Crippen LogP contribution in [0.2, 0.25) is 0 Å². The van der Waals surface area contributed by atoms with Gasteiger partial charge >= 0.3 is 0 Å². The van der Waals surface area contributed by atoms with Crippen LogP contribution in [0.1, 0.15) is 186 Å². The Balaban J connectivity index is 1.56. The quantitative estimate of drug-likeness (QED) is 0.0890. The molecular weight excluding hydrogens is 496 g/mol. The highest BCUT2D eigenvalue weighted by Crippen LogP contribution is 2.25. The van der Waals surface area contributed by atoms with Crippen molar-refractivity contribution in [3.63, 3.8) is 0 Å². The van der Waals surface area contributed by atoms with Gasteiger partial charge in [-0.3, -0.25) is 0 Å². The van der Waals surface area contributed by atoms with Crippen LogP contribution in [-0.2, 0) is 6.54 Å². The molecular formula is C39H70N2. The van der Waals surface area contributed by atoms with Crippen LogP contribution in [-0.4, -0.2) is 22.5 Å². The van der Waals surface area contributed by atoms with Crippen molar-refractivity contribution < 1.29 is 0 Å². The Hall–Kier alpha value is -1.44. The molecule has 1 atom stereocenters.